The van der Waals surface area contributed by atoms with Crippen molar-refractivity contribution in [2.45, 2.75) is 26.3 Å². The Morgan fingerprint density at radius 2 is 2.14 bits per heavy atom. The number of aliphatic hydroxyl groups is 1. The Bertz CT molecular complexity index is 685. The summed E-state index contributed by atoms with van der Waals surface area (Å²) >= 11 is 12.1. The molecular weight excluding hydrogens is 325 g/mol. The summed E-state index contributed by atoms with van der Waals surface area (Å²) in [6.45, 7) is 3.69. The lowest BCUT2D eigenvalue weighted by molar-refractivity contribution is 0.0929. The second-order valence-corrected chi connectivity index (χ2v) is 5.91. The fraction of sp³-hybridized carbons (Fsp3) is 0.333. The molecule has 2 rings (SSSR count). The van der Waals surface area contributed by atoms with Crippen molar-refractivity contribution >= 4 is 29.1 Å². The first-order chi connectivity index (χ1) is 10.4. The average molecular weight is 342 g/mol. The molecule has 0 aliphatic carbocycles. The summed E-state index contributed by atoms with van der Waals surface area (Å²) in [5.74, 6) is -0.284. The van der Waals surface area contributed by atoms with Crippen LogP contribution in [0.2, 0.25) is 10.0 Å². The summed E-state index contributed by atoms with van der Waals surface area (Å²) in [7, 11) is 0. The molecule has 1 amide bonds. The van der Waals surface area contributed by atoms with Gasteiger partial charge in [-0.05, 0) is 44.5 Å². The predicted molar refractivity (Wildman–Crippen MR) is 87.0 cm³/mol. The molecule has 0 radical (unpaired) electrons. The van der Waals surface area contributed by atoms with E-state index in [1.165, 1.54) is 0 Å². The zero-order valence-corrected chi connectivity index (χ0v) is 13.8. The number of hydrogen-bond donors (Lipinski definition) is 2. The molecule has 0 fully saturated rings. The molecular formula is C15H17Cl2N3O2. The predicted octanol–water partition coefficient (Wildman–Crippen LogP) is 2.99. The summed E-state index contributed by atoms with van der Waals surface area (Å²) in [4.78, 5) is 12.1. The largest absolute Gasteiger partial charge is 0.396 e. The third kappa shape index (κ3) is 3.80. The lowest BCUT2D eigenvalue weighted by Gasteiger charge is -2.10. The number of rotatable bonds is 5. The number of halogens is 2. The molecule has 1 aromatic carbocycles. The fourth-order valence-electron chi connectivity index (χ4n) is 2.05. The van der Waals surface area contributed by atoms with E-state index in [1.807, 2.05) is 13.8 Å². The normalized spacial score (nSPS) is 12.2. The summed E-state index contributed by atoms with van der Waals surface area (Å²) in [5.41, 5.74) is 1.74. The topological polar surface area (TPSA) is 67.2 Å². The molecule has 2 N–H and O–H groups in total. The Kier molecular flexibility index (Phi) is 5.45. The number of amides is 1. The Morgan fingerprint density at radius 3 is 2.77 bits per heavy atom. The molecule has 0 aliphatic rings. The maximum atomic E-state index is 12.1. The van der Waals surface area contributed by atoms with E-state index in [4.69, 9.17) is 28.3 Å². The first-order valence-corrected chi connectivity index (χ1v) is 7.61. The van der Waals surface area contributed by atoms with Gasteiger partial charge in [0.1, 0.15) is 0 Å². The molecule has 7 heteroatoms. The van der Waals surface area contributed by atoms with Crippen molar-refractivity contribution in [3.63, 3.8) is 0 Å². The van der Waals surface area contributed by atoms with Gasteiger partial charge in [-0.3, -0.25) is 4.79 Å². The Labute approximate surface area is 138 Å². The molecule has 1 aromatic heterocycles. The van der Waals surface area contributed by atoms with Crippen molar-refractivity contribution < 1.29 is 9.90 Å². The number of benzene rings is 1. The number of carbonyl (C=O) groups is 1. The van der Waals surface area contributed by atoms with E-state index in [0.29, 0.717) is 27.8 Å². The standard InChI is InChI=1S/C15H17Cl2N3O2/c1-9(5-6-21)18-15(22)13-7-10(2)20(19-13)14-4-3-11(16)8-12(14)17/h3-4,7-9,21H,5-6H2,1-2H3,(H,18,22). The summed E-state index contributed by atoms with van der Waals surface area (Å²) < 4.78 is 1.60. The van der Waals surface area contributed by atoms with Gasteiger partial charge in [0.25, 0.3) is 5.91 Å². The van der Waals surface area contributed by atoms with Crippen LogP contribution in [-0.4, -0.2) is 33.4 Å². The van der Waals surface area contributed by atoms with Gasteiger partial charge in [0.05, 0.1) is 10.7 Å². The molecule has 22 heavy (non-hydrogen) atoms. The number of nitrogens with one attached hydrogen (secondary N) is 1. The van der Waals surface area contributed by atoms with Crippen molar-refractivity contribution in [2.24, 2.45) is 0 Å². The van der Waals surface area contributed by atoms with E-state index in [9.17, 15) is 4.79 Å². The van der Waals surface area contributed by atoms with Crippen LogP contribution in [0.25, 0.3) is 5.69 Å². The van der Waals surface area contributed by atoms with Gasteiger partial charge in [-0.25, -0.2) is 4.68 Å². The van der Waals surface area contributed by atoms with E-state index >= 15 is 0 Å². The van der Waals surface area contributed by atoms with Crippen molar-refractivity contribution in [3.8, 4) is 5.69 Å². The van der Waals surface area contributed by atoms with Gasteiger partial charge >= 0.3 is 0 Å². The van der Waals surface area contributed by atoms with Crippen LogP contribution >= 0.6 is 23.2 Å². The SMILES string of the molecule is Cc1cc(C(=O)NC(C)CCO)nn1-c1ccc(Cl)cc1Cl. The fourth-order valence-corrected chi connectivity index (χ4v) is 2.53. The first kappa shape index (κ1) is 16.8. The number of aromatic nitrogens is 2. The molecule has 5 nitrogen and oxygen atoms in total. The lowest BCUT2D eigenvalue weighted by Crippen LogP contribution is -2.33. The van der Waals surface area contributed by atoms with Gasteiger partial charge in [-0.1, -0.05) is 23.2 Å². The minimum Gasteiger partial charge on any atom is -0.396 e. The quantitative estimate of drug-likeness (QED) is 0.878. The Hall–Kier alpha value is -1.56. The van der Waals surface area contributed by atoms with Gasteiger partial charge in [0.15, 0.2) is 5.69 Å². The summed E-state index contributed by atoms with van der Waals surface area (Å²) in [6, 6.07) is 6.66. The van der Waals surface area contributed by atoms with Gasteiger partial charge in [-0.15, -0.1) is 0 Å². The monoisotopic (exact) mass is 341 g/mol. The van der Waals surface area contributed by atoms with Gasteiger partial charge in [-0.2, -0.15) is 5.10 Å². The van der Waals surface area contributed by atoms with Crippen LogP contribution in [0.1, 0.15) is 29.5 Å². The molecule has 1 heterocycles. The minimum absolute atomic E-state index is 0.0231. The van der Waals surface area contributed by atoms with Crippen molar-refractivity contribution in [3.05, 3.63) is 45.7 Å². The van der Waals surface area contributed by atoms with E-state index < -0.39 is 0 Å². The van der Waals surface area contributed by atoms with Crippen LogP contribution in [0.15, 0.2) is 24.3 Å². The van der Waals surface area contributed by atoms with Crippen LogP contribution in [0, 0.1) is 6.92 Å². The Balaban J connectivity index is 2.26. The smallest absolute Gasteiger partial charge is 0.272 e. The molecule has 0 bridgehead atoms. The minimum atomic E-state index is -0.284. The van der Waals surface area contributed by atoms with E-state index in [0.717, 1.165) is 5.69 Å². The van der Waals surface area contributed by atoms with Crippen molar-refractivity contribution in [1.82, 2.24) is 15.1 Å². The maximum Gasteiger partial charge on any atom is 0.272 e. The molecule has 0 spiro atoms. The second-order valence-electron chi connectivity index (χ2n) is 5.07. The van der Waals surface area contributed by atoms with E-state index in [1.54, 1.807) is 28.9 Å². The highest BCUT2D eigenvalue weighted by Crippen LogP contribution is 2.25. The third-order valence-corrected chi connectivity index (χ3v) is 3.74. The molecule has 2 aromatic rings. The van der Waals surface area contributed by atoms with Crippen LogP contribution in [0.3, 0.4) is 0 Å². The number of carbonyl (C=O) groups excluding carboxylic acids is 1. The molecule has 0 aliphatic heterocycles. The van der Waals surface area contributed by atoms with Crippen molar-refractivity contribution in [1.29, 1.82) is 0 Å². The van der Waals surface area contributed by atoms with E-state index in [-0.39, 0.29) is 18.6 Å². The molecule has 0 saturated heterocycles. The Morgan fingerprint density at radius 1 is 1.41 bits per heavy atom. The highest BCUT2D eigenvalue weighted by molar-refractivity contribution is 6.35. The number of hydrogen-bond acceptors (Lipinski definition) is 3. The second kappa shape index (κ2) is 7.13. The first-order valence-electron chi connectivity index (χ1n) is 6.86. The zero-order chi connectivity index (χ0) is 16.3. The highest BCUT2D eigenvalue weighted by Gasteiger charge is 2.16. The maximum absolute atomic E-state index is 12.1. The molecule has 1 atom stereocenters. The number of aliphatic hydroxyl groups excluding tert-OH is 1. The molecule has 0 saturated carbocycles. The number of nitrogens with zero attached hydrogens (tertiary/aromatic N) is 2. The van der Waals surface area contributed by atoms with Crippen LogP contribution in [0.5, 0.6) is 0 Å². The highest BCUT2D eigenvalue weighted by atomic mass is 35.5. The molecule has 118 valence electrons. The molecule has 1 unspecified atom stereocenters. The third-order valence-electron chi connectivity index (χ3n) is 3.20. The van der Waals surface area contributed by atoms with E-state index in [2.05, 4.69) is 10.4 Å². The van der Waals surface area contributed by atoms with Gasteiger partial charge in [0.2, 0.25) is 0 Å². The average Bonchev–Trinajstić information content (AvgIpc) is 2.81. The van der Waals surface area contributed by atoms with Crippen LogP contribution in [0.4, 0.5) is 0 Å². The van der Waals surface area contributed by atoms with Crippen molar-refractivity contribution in [2.75, 3.05) is 6.61 Å². The van der Waals surface area contributed by atoms with Crippen LogP contribution in [-0.2, 0) is 0 Å². The number of aryl methyl sites for hydroxylation is 1. The lowest BCUT2D eigenvalue weighted by atomic mass is 10.2. The zero-order valence-electron chi connectivity index (χ0n) is 12.3. The van der Waals surface area contributed by atoms with Gasteiger partial charge in [0, 0.05) is 23.4 Å². The van der Waals surface area contributed by atoms with Crippen LogP contribution < -0.4 is 5.32 Å². The van der Waals surface area contributed by atoms with Gasteiger partial charge < -0.3 is 10.4 Å². The summed E-state index contributed by atoms with van der Waals surface area (Å²) in [5, 5.41) is 16.9. The summed E-state index contributed by atoms with van der Waals surface area (Å²) in [6.07, 6.45) is 0.494.